The summed E-state index contributed by atoms with van der Waals surface area (Å²) < 4.78 is 0. The van der Waals surface area contributed by atoms with Gasteiger partial charge in [0.1, 0.15) is 0 Å². The number of carbonyl (C=O) groups is 1. The molecule has 20 heavy (non-hydrogen) atoms. The van der Waals surface area contributed by atoms with E-state index in [1.54, 1.807) is 0 Å². The maximum absolute atomic E-state index is 12.4. The predicted octanol–water partition coefficient (Wildman–Crippen LogP) is 1.95. The average molecular weight is 273 g/mol. The Kier molecular flexibility index (Phi) is 3.79. The highest BCUT2D eigenvalue weighted by Gasteiger charge is 2.33. The Labute approximate surface area is 120 Å². The smallest absolute Gasteiger partial charge is 0.227 e. The number of aliphatic hydroxyl groups excluding tert-OH is 1. The standard InChI is InChI=1S/C17H23NO2/c1-12-7-8-18(16(12)11-19)17(20)10-13-5-6-14-3-2-4-15(14)9-13/h5-6,9,12,16,19H,2-4,7-8,10-11H2,1H3. The Balaban J connectivity index is 1.70. The molecule has 1 aliphatic heterocycles. The number of aryl methyl sites for hydroxylation is 2. The van der Waals surface area contributed by atoms with Crippen molar-refractivity contribution < 1.29 is 9.90 Å². The Morgan fingerprint density at radius 2 is 2.15 bits per heavy atom. The molecule has 2 atom stereocenters. The topological polar surface area (TPSA) is 40.5 Å². The molecular formula is C17H23NO2. The van der Waals surface area contributed by atoms with E-state index in [9.17, 15) is 9.90 Å². The van der Waals surface area contributed by atoms with Crippen LogP contribution >= 0.6 is 0 Å². The highest BCUT2D eigenvalue weighted by Crippen LogP contribution is 2.26. The quantitative estimate of drug-likeness (QED) is 0.914. The van der Waals surface area contributed by atoms with Crippen molar-refractivity contribution in [3.63, 3.8) is 0 Å². The summed E-state index contributed by atoms with van der Waals surface area (Å²) in [6, 6.07) is 6.49. The molecule has 0 radical (unpaired) electrons. The number of fused-ring (bicyclic) bond motifs is 1. The van der Waals surface area contributed by atoms with E-state index in [4.69, 9.17) is 0 Å². The minimum atomic E-state index is 0.0110. The normalized spacial score (nSPS) is 25.0. The number of rotatable bonds is 3. The van der Waals surface area contributed by atoms with Crippen LogP contribution < -0.4 is 0 Å². The summed E-state index contributed by atoms with van der Waals surface area (Å²) in [6.07, 6.45) is 5.04. The highest BCUT2D eigenvalue weighted by molar-refractivity contribution is 5.79. The lowest BCUT2D eigenvalue weighted by atomic mass is 10.0. The van der Waals surface area contributed by atoms with Gasteiger partial charge in [-0.25, -0.2) is 0 Å². The van der Waals surface area contributed by atoms with Crippen molar-refractivity contribution in [3.05, 3.63) is 34.9 Å². The van der Waals surface area contributed by atoms with Gasteiger partial charge in [0.2, 0.25) is 5.91 Å². The van der Waals surface area contributed by atoms with E-state index < -0.39 is 0 Å². The molecule has 108 valence electrons. The molecule has 1 aromatic rings. The monoisotopic (exact) mass is 273 g/mol. The van der Waals surface area contributed by atoms with E-state index in [0.29, 0.717) is 12.3 Å². The van der Waals surface area contributed by atoms with E-state index >= 15 is 0 Å². The fraction of sp³-hybridized carbons (Fsp3) is 0.588. The van der Waals surface area contributed by atoms with E-state index in [0.717, 1.165) is 24.9 Å². The number of hydrogen-bond acceptors (Lipinski definition) is 2. The number of aliphatic hydroxyl groups is 1. The Bertz CT molecular complexity index is 512. The lowest BCUT2D eigenvalue weighted by Crippen LogP contribution is -2.40. The maximum Gasteiger partial charge on any atom is 0.227 e. The largest absolute Gasteiger partial charge is 0.394 e. The summed E-state index contributed by atoms with van der Waals surface area (Å²) >= 11 is 0. The fourth-order valence-corrected chi connectivity index (χ4v) is 3.61. The van der Waals surface area contributed by atoms with Crippen LogP contribution in [-0.4, -0.2) is 35.1 Å². The van der Waals surface area contributed by atoms with Gasteiger partial charge < -0.3 is 10.0 Å². The Morgan fingerprint density at radius 1 is 1.35 bits per heavy atom. The fourth-order valence-electron chi connectivity index (χ4n) is 3.61. The average Bonchev–Trinajstić information content (AvgIpc) is 3.04. The number of hydrogen-bond donors (Lipinski definition) is 1. The first-order valence-electron chi connectivity index (χ1n) is 7.70. The van der Waals surface area contributed by atoms with Crippen LogP contribution in [0.15, 0.2) is 18.2 Å². The van der Waals surface area contributed by atoms with Gasteiger partial charge >= 0.3 is 0 Å². The summed E-state index contributed by atoms with van der Waals surface area (Å²) in [5.41, 5.74) is 3.99. The molecule has 0 saturated carbocycles. The van der Waals surface area contributed by atoms with Crippen LogP contribution in [0.5, 0.6) is 0 Å². The summed E-state index contributed by atoms with van der Waals surface area (Å²) in [5.74, 6) is 0.565. The van der Waals surface area contributed by atoms with Gasteiger partial charge in [0.05, 0.1) is 19.1 Å². The number of carbonyl (C=O) groups excluding carboxylic acids is 1. The van der Waals surface area contributed by atoms with Crippen LogP contribution in [0.4, 0.5) is 0 Å². The van der Waals surface area contributed by atoms with Crippen molar-refractivity contribution in [3.8, 4) is 0 Å². The van der Waals surface area contributed by atoms with Crippen LogP contribution in [0.3, 0.4) is 0 Å². The van der Waals surface area contributed by atoms with Crippen LogP contribution in [0.25, 0.3) is 0 Å². The third-order valence-corrected chi connectivity index (χ3v) is 4.91. The number of amides is 1. The molecule has 1 saturated heterocycles. The SMILES string of the molecule is CC1CCN(C(=O)Cc2ccc3c(c2)CCC3)C1CO. The van der Waals surface area contributed by atoms with Crippen molar-refractivity contribution in [1.82, 2.24) is 4.90 Å². The van der Waals surface area contributed by atoms with Crippen molar-refractivity contribution in [2.45, 2.75) is 45.1 Å². The molecule has 3 nitrogen and oxygen atoms in total. The minimum Gasteiger partial charge on any atom is -0.394 e. The first-order chi connectivity index (χ1) is 9.69. The maximum atomic E-state index is 12.4. The van der Waals surface area contributed by atoms with Gasteiger partial charge in [-0.3, -0.25) is 4.79 Å². The van der Waals surface area contributed by atoms with Crippen LogP contribution in [0.1, 0.15) is 36.5 Å². The van der Waals surface area contributed by atoms with Gasteiger partial charge in [-0.1, -0.05) is 25.1 Å². The summed E-state index contributed by atoms with van der Waals surface area (Å²) in [6.45, 7) is 2.98. The molecule has 0 bridgehead atoms. The molecule has 1 amide bonds. The summed E-state index contributed by atoms with van der Waals surface area (Å²) in [7, 11) is 0. The molecular weight excluding hydrogens is 250 g/mol. The third kappa shape index (κ3) is 2.47. The van der Waals surface area contributed by atoms with E-state index in [1.165, 1.54) is 24.0 Å². The zero-order chi connectivity index (χ0) is 14.1. The van der Waals surface area contributed by atoms with Gasteiger partial charge in [0, 0.05) is 6.54 Å². The Hall–Kier alpha value is -1.35. The van der Waals surface area contributed by atoms with Crippen molar-refractivity contribution in [1.29, 1.82) is 0 Å². The van der Waals surface area contributed by atoms with Crippen molar-refractivity contribution >= 4 is 5.91 Å². The summed E-state index contributed by atoms with van der Waals surface area (Å²) in [4.78, 5) is 14.3. The second kappa shape index (κ2) is 5.57. The molecule has 0 spiro atoms. The number of nitrogens with zero attached hydrogens (tertiary/aromatic N) is 1. The molecule has 2 unspecified atom stereocenters. The first kappa shape index (κ1) is 13.6. The summed E-state index contributed by atoms with van der Waals surface area (Å²) in [5, 5.41) is 9.45. The molecule has 3 heteroatoms. The van der Waals surface area contributed by atoms with Gasteiger partial charge in [-0.05, 0) is 48.3 Å². The second-order valence-corrected chi connectivity index (χ2v) is 6.24. The van der Waals surface area contributed by atoms with E-state index in [2.05, 4.69) is 25.1 Å². The second-order valence-electron chi connectivity index (χ2n) is 6.24. The first-order valence-corrected chi connectivity index (χ1v) is 7.70. The minimum absolute atomic E-state index is 0.0110. The molecule has 0 aromatic heterocycles. The predicted molar refractivity (Wildman–Crippen MR) is 78.5 cm³/mol. The molecule has 1 aromatic carbocycles. The molecule has 1 aliphatic carbocycles. The zero-order valence-electron chi connectivity index (χ0n) is 12.1. The lowest BCUT2D eigenvalue weighted by Gasteiger charge is -2.25. The highest BCUT2D eigenvalue weighted by atomic mass is 16.3. The number of benzene rings is 1. The molecule has 1 fully saturated rings. The van der Waals surface area contributed by atoms with Gasteiger partial charge in [-0.15, -0.1) is 0 Å². The van der Waals surface area contributed by atoms with Gasteiger partial charge in [0.25, 0.3) is 0 Å². The van der Waals surface area contributed by atoms with Crippen molar-refractivity contribution in [2.75, 3.05) is 13.2 Å². The zero-order valence-corrected chi connectivity index (χ0v) is 12.1. The van der Waals surface area contributed by atoms with Crippen LogP contribution in [-0.2, 0) is 24.1 Å². The molecule has 2 aliphatic rings. The molecule has 1 heterocycles. The lowest BCUT2D eigenvalue weighted by molar-refractivity contribution is -0.132. The Morgan fingerprint density at radius 3 is 2.95 bits per heavy atom. The molecule has 3 rings (SSSR count). The van der Waals surface area contributed by atoms with Crippen LogP contribution in [0, 0.1) is 5.92 Å². The van der Waals surface area contributed by atoms with Crippen molar-refractivity contribution in [2.24, 2.45) is 5.92 Å². The van der Waals surface area contributed by atoms with Crippen LogP contribution in [0.2, 0.25) is 0 Å². The van der Waals surface area contributed by atoms with Gasteiger partial charge in [0.15, 0.2) is 0 Å². The van der Waals surface area contributed by atoms with Gasteiger partial charge in [-0.2, -0.15) is 0 Å². The third-order valence-electron chi connectivity index (χ3n) is 4.91. The van der Waals surface area contributed by atoms with E-state index in [-0.39, 0.29) is 18.6 Å². The van der Waals surface area contributed by atoms with E-state index in [1.807, 2.05) is 4.90 Å². The molecule has 1 N–H and O–H groups in total. The number of likely N-dealkylation sites (tertiary alicyclic amines) is 1.